The van der Waals surface area contributed by atoms with Crippen molar-refractivity contribution >= 4 is 23.4 Å². The molecular weight excluding hydrogens is 540 g/mol. The molecule has 3 aliphatic rings. The average Bonchev–Trinajstić information content (AvgIpc) is 3.76. The van der Waals surface area contributed by atoms with E-state index in [2.05, 4.69) is 23.2 Å². The molecule has 3 aromatic rings. The van der Waals surface area contributed by atoms with Gasteiger partial charge in [-0.05, 0) is 106 Å². The van der Waals surface area contributed by atoms with Gasteiger partial charge >= 0.3 is 5.97 Å². The second-order valence-electron chi connectivity index (χ2n) is 13.2. The molecule has 0 unspecified atom stereocenters. The summed E-state index contributed by atoms with van der Waals surface area (Å²) in [6.45, 7) is 0.702. The number of carbonyl (C=O) groups is 2. The summed E-state index contributed by atoms with van der Waals surface area (Å²) in [6, 6.07) is 12.5. The van der Waals surface area contributed by atoms with Gasteiger partial charge in [-0.15, -0.1) is 0 Å². The Balaban J connectivity index is 1.17. The van der Waals surface area contributed by atoms with Crippen molar-refractivity contribution in [2.75, 3.05) is 30.4 Å². The van der Waals surface area contributed by atoms with Crippen LogP contribution in [0.4, 0.5) is 11.5 Å². The molecule has 0 atom stereocenters. The van der Waals surface area contributed by atoms with Crippen LogP contribution in [-0.2, 0) is 9.59 Å². The van der Waals surface area contributed by atoms with Gasteiger partial charge < -0.3 is 19.3 Å². The Bertz CT molecular complexity index is 1400. The van der Waals surface area contributed by atoms with Crippen molar-refractivity contribution in [1.29, 1.82) is 0 Å². The van der Waals surface area contributed by atoms with Gasteiger partial charge in [0.15, 0.2) is 5.89 Å². The van der Waals surface area contributed by atoms with Crippen LogP contribution in [0.3, 0.4) is 0 Å². The molecule has 1 aromatic carbocycles. The Kier molecular flexibility index (Phi) is 8.82. The summed E-state index contributed by atoms with van der Waals surface area (Å²) in [7, 11) is 4.02. The van der Waals surface area contributed by atoms with Gasteiger partial charge in [-0.25, -0.2) is 9.97 Å². The van der Waals surface area contributed by atoms with E-state index in [1.807, 2.05) is 48.3 Å². The van der Waals surface area contributed by atoms with Crippen molar-refractivity contribution in [1.82, 2.24) is 9.97 Å². The van der Waals surface area contributed by atoms with Gasteiger partial charge in [0.05, 0.1) is 0 Å². The number of benzene rings is 1. The first-order valence-corrected chi connectivity index (χ1v) is 16.1. The fourth-order valence-electron chi connectivity index (χ4n) is 7.01. The zero-order valence-electron chi connectivity index (χ0n) is 25.5. The van der Waals surface area contributed by atoms with E-state index in [4.69, 9.17) is 9.40 Å². The minimum absolute atomic E-state index is 0.0696. The Morgan fingerprint density at radius 1 is 0.907 bits per heavy atom. The Morgan fingerprint density at radius 2 is 1.63 bits per heavy atom. The van der Waals surface area contributed by atoms with Crippen LogP contribution in [-0.4, -0.2) is 47.6 Å². The summed E-state index contributed by atoms with van der Waals surface area (Å²) in [5, 5.41) is 9.25. The van der Waals surface area contributed by atoms with Crippen LogP contribution >= 0.6 is 0 Å². The monoisotopic (exact) mass is 584 g/mol. The highest BCUT2D eigenvalue weighted by Crippen LogP contribution is 2.41. The third kappa shape index (κ3) is 7.11. The van der Waals surface area contributed by atoms with Gasteiger partial charge in [-0.2, -0.15) is 0 Å². The summed E-state index contributed by atoms with van der Waals surface area (Å²) in [5.41, 5.74) is 4.01. The molecule has 0 bridgehead atoms. The number of rotatable bonds is 10. The SMILES string of the molecule is CN(C)c1ccc(C2CCC(CN(C(=O)C3CCC(CC(=O)O)CC3)c3cccc(-c4coc(C5CC5)n4)c3)CC2)cn1. The Labute approximate surface area is 254 Å². The number of anilines is 2. The Hall–Kier alpha value is -3.68. The first-order chi connectivity index (χ1) is 20.8. The van der Waals surface area contributed by atoms with Crippen molar-refractivity contribution in [3.8, 4) is 11.3 Å². The van der Waals surface area contributed by atoms with Crippen molar-refractivity contribution in [2.24, 2.45) is 17.8 Å². The van der Waals surface area contributed by atoms with E-state index in [1.165, 1.54) is 5.56 Å². The third-order valence-electron chi connectivity index (χ3n) is 9.82. The molecule has 3 fully saturated rings. The number of oxazole rings is 1. The van der Waals surface area contributed by atoms with E-state index in [0.29, 0.717) is 24.3 Å². The third-order valence-corrected chi connectivity index (χ3v) is 9.82. The lowest BCUT2D eigenvalue weighted by atomic mass is 9.78. The lowest BCUT2D eigenvalue weighted by Gasteiger charge is -2.36. The fourth-order valence-corrected chi connectivity index (χ4v) is 7.01. The quantitative estimate of drug-likeness (QED) is 0.268. The number of carbonyl (C=O) groups excluding carboxylic acids is 1. The highest BCUT2D eigenvalue weighted by Gasteiger charge is 2.34. The smallest absolute Gasteiger partial charge is 0.303 e. The van der Waals surface area contributed by atoms with Crippen LogP contribution in [0.25, 0.3) is 11.3 Å². The molecule has 3 aliphatic carbocycles. The molecule has 43 heavy (non-hydrogen) atoms. The number of pyridine rings is 1. The van der Waals surface area contributed by atoms with E-state index >= 15 is 0 Å². The van der Waals surface area contributed by atoms with Gasteiger partial charge in [0.1, 0.15) is 17.8 Å². The van der Waals surface area contributed by atoms with Crippen molar-refractivity contribution in [3.63, 3.8) is 0 Å². The predicted molar refractivity (Wildman–Crippen MR) is 167 cm³/mol. The fraction of sp³-hybridized carbons (Fsp3) is 0.543. The van der Waals surface area contributed by atoms with Gasteiger partial charge in [-0.1, -0.05) is 18.2 Å². The molecule has 2 heterocycles. The van der Waals surface area contributed by atoms with Crippen molar-refractivity contribution in [3.05, 3.63) is 60.3 Å². The molecule has 228 valence electrons. The van der Waals surface area contributed by atoms with Crippen LogP contribution in [0.2, 0.25) is 0 Å². The number of amides is 1. The average molecular weight is 585 g/mol. The standard InChI is InChI=1S/C35H44N4O4/c1-38(2)32-17-16-29(20-36-32)25-10-8-24(9-11-25)21-39(35(42)27-12-6-23(7-13-27)18-33(40)41)30-5-3-4-28(19-30)31-22-43-34(37-31)26-14-15-26/h3-5,16-17,19-20,22-27H,6-15,18,21H2,1-2H3,(H,40,41). The summed E-state index contributed by atoms with van der Waals surface area (Å²) < 4.78 is 5.77. The molecule has 6 rings (SSSR count). The molecular formula is C35H44N4O4. The summed E-state index contributed by atoms with van der Waals surface area (Å²) in [5.74, 6) is 2.70. The number of hydrogen-bond donors (Lipinski definition) is 1. The molecule has 3 saturated carbocycles. The zero-order valence-corrected chi connectivity index (χ0v) is 25.5. The summed E-state index contributed by atoms with van der Waals surface area (Å²) in [6.07, 6.45) is 13.7. The molecule has 0 radical (unpaired) electrons. The lowest BCUT2D eigenvalue weighted by molar-refractivity contribution is -0.138. The lowest BCUT2D eigenvalue weighted by Crippen LogP contribution is -2.41. The number of carboxylic acids is 1. The first-order valence-electron chi connectivity index (χ1n) is 16.1. The van der Waals surface area contributed by atoms with Crippen molar-refractivity contribution in [2.45, 2.75) is 82.5 Å². The van der Waals surface area contributed by atoms with E-state index in [-0.39, 0.29) is 24.2 Å². The van der Waals surface area contributed by atoms with Crippen LogP contribution in [0.1, 0.15) is 93.9 Å². The number of carboxylic acid groups (broad SMARTS) is 1. The van der Waals surface area contributed by atoms with Crippen LogP contribution in [0, 0.1) is 17.8 Å². The van der Waals surface area contributed by atoms with Gasteiger partial charge in [0.2, 0.25) is 5.91 Å². The Morgan fingerprint density at radius 3 is 2.28 bits per heavy atom. The number of aromatic nitrogens is 2. The van der Waals surface area contributed by atoms with E-state index < -0.39 is 5.97 Å². The number of aliphatic carboxylic acids is 1. The zero-order chi connectivity index (χ0) is 29.9. The summed E-state index contributed by atoms with van der Waals surface area (Å²) >= 11 is 0. The van der Waals surface area contributed by atoms with Crippen LogP contribution in [0.15, 0.2) is 53.3 Å². The van der Waals surface area contributed by atoms with E-state index in [0.717, 1.165) is 92.9 Å². The molecule has 0 aliphatic heterocycles. The second kappa shape index (κ2) is 12.9. The first kappa shape index (κ1) is 29.4. The molecule has 1 amide bonds. The van der Waals surface area contributed by atoms with E-state index in [9.17, 15) is 14.7 Å². The summed E-state index contributed by atoms with van der Waals surface area (Å²) in [4.78, 5) is 38.9. The highest BCUT2D eigenvalue weighted by molar-refractivity contribution is 5.95. The number of hydrogen-bond acceptors (Lipinski definition) is 6. The maximum atomic E-state index is 14.2. The van der Waals surface area contributed by atoms with Gasteiger partial charge in [-0.3, -0.25) is 9.59 Å². The molecule has 0 saturated heterocycles. The topological polar surface area (TPSA) is 99.8 Å². The van der Waals surface area contributed by atoms with Crippen LogP contribution < -0.4 is 9.80 Å². The van der Waals surface area contributed by atoms with Crippen molar-refractivity contribution < 1.29 is 19.1 Å². The predicted octanol–water partition coefficient (Wildman–Crippen LogP) is 7.27. The maximum Gasteiger partial charge on any atom is 0.303 e. The molecule has 2 aromatic heterocycles. The maximum absolute atomic E-state index is 14.2. The molecule has 0 spiro atoms. The minimum atomic E-state index is -0.744. The second-order valence-corrected chi connectivity index (χ2v) is 13.2. The van der Waals surface area contributed by atoms with E-state index in [1.54, 1.807) is 6.26 Å². The normalized spacial score (nSPS) is 24.0. The van der Waals surface area contributed by atoms with Crippen LogP contribution in [0.5, 0.6) is 0 Å². The van der Waals surface area contributed by atoms with Gasteiger partial charge in [0.25, 0.3) is 0 Å². The molecule has 8 heteroatoms. The minimum Gasteiger partial charge on any atom is -0.481 e. The highest BCUT2D eigenvalue weighted by atomic mass is 16.4. The molecule has 8 nitrogen and oxygen atoms in total. The molecule has 1 N–H and O–H groups in total. The number of nitrogens with zero attached hydrogens (tertiary/aromatic N) is 4. The largest absolute Gasteiger partial charge is 0.481 e. The van der Waals surface area contributed by atoms with Gasteiger partial charge in [0, 0.05) is 56.3 Å².